The first-order chi connectivity index (χ1) is 15.0. The molecule has 0 aliphatic carbocycles. The van der Waals surface area contributed by atoms with Gasteiger partial charge in [0, 0.05) is 48.8 Å². The summed E-state index contributed by atoms with van der Waals surface area (Å²) in [7, 11) is 0. The van der Waals surface area contributed by atoms with Crippen LogP contribution in [-0.2, 0) is 16.0 Å². The largest absolute Gasteiger partial charge is 0.459 e. The standard InChI is InChI=1S/C24H34N2O5/c1-16-13-22(27)31-23-18(3)24-20(14-19(16)23)17(2)21(30-24)15-26-8-6-11-28-9-4-5-10-29-12-7-25/h13-14,26H,4-12,15,25H2,1-3H3. The van der Waals surface area contributed by atoms with Crippen LogP contribution < -0.4 is 16.7 Å². The molecule has 0 atom stereocenters. The van der Waals surface area contributed by atoms with Crippen molar-refractivity contribution < 1.29 is 18.3 Å². The number of furan rings is 1. The fourth-order valence-electron chi connectivity index (χ4n) is 3.72. The van der Waals surface area contributed by atoms with E-state index in [4.69, 9.17) is 24.0 Å². The second-order valence-electron chi connectivity index (χ2n) is 7.90. The molecule has 0 aliphatic heterocycles. The molecule has 0 bridgehead atoms. The third-order valence-corrected chi connectivity index (χ3v) is 5.49. The van der Waals surface area contributed by atoms with Gasteiger partial charge in [0.2, 0.25) is 0 Å². The molecule has 0 aliphatic rings. The second-order valence-corrected chi connectivity index (χ2v) is 7.90. The van der Waals surface area contributed by atoms with E-state index in [0.29, 0.717) is 25.3 Å². The second kappa shape index (κ2) is 11.4. The van der Waals surface area contributed by atoms with E-state index < -0.39 is 0 Å². The Balaban J connectivity index is 1.48. The molecule has 0 spiro atoms. The van der Waals surface area contributed by atoms with Gasteiger partial charge in [-0.3, -0.25) is 0 Å². The fraction of sp³-hybridized carbons (Fsp3) is 0.542. The molecule has 2 aromatic heterocycles. The van der Waals surface area contributed by atoms with Gasteiger partial charge in [0.15, 0.2) is 0 Å². The molecule has 0 saturated carbocycles. The minimum atomic E-state index is -0.334. The first-order valence-electron chi connectivity index (χ1n) is 11.0. The van der Waals surface area contributed by atoms with Gasteiger partial charge in [0.25, 0.3) is 0 Å². The van der Waals surface area contributed by atoms with E-state index in [1.54, 1.807) is 0 Å². The van der Waals surface area contributed by atoms with Crippen LogP contribution in [-0.4, -0.2) is 39.5 Å². The maximum Gasteiger partial charge on any atom is 0.336 e. The molecule has 2 heterocycles. The van der Waals surface area contributed by atoms with Gasteiger partial charge >= 0.3 is 5.63 Å². The lowest BCUT2D eigenvalue weighted by molar-refractivity contribution is 0.104. The molecule has 170 valence electrons. The molecule has 1 aromatic carbocycles. The maximum atomic E-state index is 11.8. The highest BCUT2D eigenvalue weighted by Crippen LogP contribution is 2.34. The molecule has 7 heteroatoms. The highest BCUT2D eigenvalue weighted by Gasteiger charge is 2.17. The summed E-state index contributed by atoms with van der Waals surface area (Å²) >= 11 is 0. The van der Waals surface area contributed by atoms with Crippen LogP contribution in [0.3, 0.4) is 0 Å². The van der Waals surface area contributed by atoms with Crippen molar-refractivity contribution in [3.8, 4) is 0 Å². The molecule has 3 aromatic rings. The Hall–Kier alpha value is -2.19. The van der Waals surface area contributed by atoms with Gasteiger partial charge in [-0.25, -0.2) is 4.79 Å². The minimum Gasteiger partial charge on any atom is -0.459 e. The summed E-state index contributed by atoms with van der Waals surface area (Å²) < 4.78 is 22.6. The lowest BCUT2D eigenvalue weighted by Gasteiger charge is -2.06. The van der Waals surface area contributed by atoms with Gasteiger partial charge in [-0.15, -0.1) is 0 Å². The summed E-state index contributed by atoms with van der Waals surface area (Å²) in [5.41, 5.74) is 9.33. The summed E-state index contributed by atoms with van der Waals surface area (Å²) in [6.45, 7) is 10.9. The van der Waals surface area contributed by atoms with Gasteiger partial charge in [-0.1, -0.05) is 0 Å². The van der Waals surface area contributed by atoms with Crippen molar-refractivity contribution in [2.75, 3.05) is 39.5 Å². The molecule has 0 fully saturated rings. The van der Waals surface area contributed by atoms with Gasteiger partial charge < -0.3 is 29.4 Å². The zero-order valence-corrected chi connectivity index (χ0v) is 18.8. The summed E-state index contributed by atoms with van der Waals surface area (Å²) in [4.78, 5) is 11.8. The maximum absolute atomic E-state index is 11.8. The summed E-state index contributed by atoms with van der Waals surface area (Å²) in [5, 5.41) is 5.45. The predicted molar refractivity (Wildman–Crippen MR) is 123 cm³/mol. The molecule has 7 nitrogen and oxygen atoms in total. The van der Waals surface area contributed by atoms with E-state index in [9.17, 15) is 4.79 Å². The van der Waals surface area contributed by atoms with E-state index in [-0.39, 0.29) is 5.63 Å². The lowest BCUT2D eigenvalue weighted by atomic mass is 10.0. The normalized spacial score (nSPS) is 11.7. The van der Waals surface area contributed by atoms with Crippen LogP contribution in [0, 0.1) is 20.8 Å². The van der Waals surface area contributed by atoms with Crippen molar-refractivity contribution in [1.29, 1.82) is 0 Å². The summed E-state index contributed by atoms with van der Waals surface area (Å²) in [5.74, 6) is 0.909. The van der Waals surface area contributed by atoms with Crippen molar-refractivity contribution in [3.63, 3.8) is 0 Å². The zero-order chi connectivity index (χ0) is 22.2. The van der Waals surface area contributed by atoms with E-state index in [1.807, 2.05) is 13.8 Å². The van der Waals surface area contributed by atoms with Crippen LogP contribution in [0.15, 0.2) is 25.8 Å². The fourth-order valence-corrected chi connectivity index (χ4v) is 3.72. The van der Waals surface area contributed by atoms with E-state index in [1.165, 1.54) is 6.07 Å². The Morgan fingerprint density at radius 1 is 0.871 bits per heavy atom. The number of fused-ring (bicyclic) bond motifs is 2. The highest BCUT2D eigenvalue weighted by molar-refractivity contribution is 5.99. The van der Waals surface area contributed by atoms with Gasteiger partial charge in [0.05, 0.1) is 13.2 Å². The monoisotopic (exact) mass is 430 g/mol. The molecular formula is C24H34N2O5. The zero-order valence-electron chi connectivity index (χ0n) is 18.8. The van der Waals surface area contributed by atoms with Crippen molar-refractivity contribution in [3.05, 3.63) is 45.0 Å². The van der Waals surface area contributed by atoms with Crippen LogP contribution >= 0.6 is 0 Å². The molecule has 3 N–H and O–H groups in total. The first-order valence-corrected chi connectivity index (χ1v) is 11.0. The van der Waals surface area contributed by atoms with E-state index in [2.05, 4.69) is 18.3 Å². The van der Waals surface area contributed by atoms with Gasteiger partial charge in [0.1, 0.15) is 16.9 Å². The number of ether oxygens (including phenoxy) is 2. The van der Waals surface area contributed by atoms with Gasteiger partial charge in [-0.05, 0) is 63.8 Å². The lowest BCUT2D eigenvalue weighted by Crippen LogP contribution is -2.16. The third kappa shape index (κ3) is 5.95. The van der Waals surface area contributed by atoms with Crippen molar-refractivity contribution >= 4 is 21.9 Å². The number of unbranched alkanes of at least 4 members (excludes halogenated alkanes) is 1. The van der Waals surface area contributed by atoms with Crippen LogP contribution in [0.25, 0.3) is 21.9 Å². The third-order valence-electron chi connectivity index (χ3n) is 5.49. The number of hydrogen-bond acceptors (Lipinski definition) is 7. The molecule has 3 rings (SSSR count). The van der Waals surface area contributed by atoms with E-state index >= 15 is 0 Å². The average Bonchev–Trinajstić information content (AvgIpc) is 3.06. The molecule has 31 heavy (non-hydrogen) atoms. The topological polar surface area (TPSA) is 99.9 Å². The molecule has 0 unspecified atom stereocenters. The molecule has 0 amide bonds. The first kappa shape index (κ1) is 23.5. The van der Waals surface area contributed by atoms with Crippen molar-refractivity contribution in [1.82, 2.24) is 5.32 Å². The van der Waals surface area contributed by atoms with Crippen LogP contribution in [0.1, 0.15) is 41.7 Å². The van der Waals surface area contributed by atoms with E-state index in [0.717, 1.165) is 84.4 Å². The van der Waals surface area contributed by atoms with Crippen molar-refractivity contribution in [2.45, 2.75) is 46.6 Å². The Morgan fingerprint density at radius 3 is 2.29 bits per heavy atom. The SMILES string of the molecule is Cc1cc(=O)oc2c(C)c3oc(CNCCCOCCCCOCCN)c(C)c3cc12. The number of hydrogen-bond donors (Lipinski definition) is 2. The Kier molecular flexibility index (Phi) is 8.66. The Bertz CT molecular complexity index is 1050. The van der Waals surface area contributed by atoms with Crippen LogP contribution in [0.5, 0.6) is 0 Å². The number of benzene rings is 1. The van der Waals surface area contributed by atoms with Gasteiger partial charge in [-0.2, -0.15) is 0 Å². The van der Waals surface area contributed by atoms with Crippen LogP contribution in [0.4, 0.5) is 0 Å². The van der Waals surface area contributed by atoms with Crippen LogP contribution in [0.2, 0.25) is 0 Å². The number of nitrogens with one attached hydrogen (secondary N) is 1. The molecule has 0 radical (unpaired) electrons. The summed E-state index contributed by atoms with van der Waals surface area (Å²) in [6.07, 6.45) is 2.95. The number of rotatable bonds is 13. The highest BCUT2D eigenvalue weighted by atomic mass is 16.5. The minimum absolute atomic E-state index is 0.334. The smallest absolute Gasteiger partial charge is 0.336 e. The predicted octanol–water partition coefficient (Wildman–Crippen LogP) is 3.72. The molecular weight excluding hydrogens is 396 g/mol. The number of aryl methyl sites for hydroxylation is 3. The Labute approximate surface area is 182 Å². The average molecular weight is 431 g/mol. The molecule has 0 saturated heterocycles. The number of nitrogens with two attached hydrogens (primary N) is 1. The summed E-state index contributed by atoms with van der Waals surface area (Å²) in [6, 6.07) is 3.59. The quantitative estimate of drug-likeness (QED) is 0.315. The Morgan fingerprint density at radius 2 is 1.55 bits per heavy atom. The van der Waals surface area contributed by atoms with Crippen molar-refractivity contribution in [2.24, 2.45) is 5.73 Å².